The van der Waals surface area contributed by atoms with Gasteiger partial charge in [0.15, 0.2) is 0 Å². The van der Waals surface area contributed by atoms with Gasteiger partial charge in [0.25, 0.3) is 5.91 Å². The van der Waals surface area contributed by atoms with Gasteiger partial charge in [-0.2, -0.15) is 0 Å². The first-order chi connectivity index (χ1) is 10.0. The molecule has 5 nitrogen and oxygen atoms in total. The molecule has 3 aliphatic heterocycles. The van der Waals surface area contributed by atoms with Crippen molar-refractivity contribution >= 4 is 11.8 Å². The number of rotatable bonds is 1. The highest BCUT2D eigenvalue weighted by molar-refractivity contribution is 5.81. The molecule has 0 spiro atoms. The number of carbonyl (C=O) groups excluding carboxylic acids is 2. The lowest BCUT2D eigenvalue weighted by atomic mass is 9.91. The van der Waals surface area contributed by atoms with Crippen molar-refractivity contribution in [2.24, 2.45) is 11.8 Å². The molecule has 0 aliphatic carbocycles. The highest BCUT2D eigenvalue weighted by Gasteiger charge is 2.43. The van der Waals surface area contributed by atoms with Crippen LogP contribution in [0.1, 0.15) is 39.5 Å². The molecular weight excluding hydrogens is 268 g/mol. The smallest absolute Gasteiger partial charge is 0.251 e. The van der Waals surface area contributed by atoms with Gasteiger partial charge in [-0.05, 0) is 37.5 Å². The van der Waals surface area contributed by atoms with Gasteiger partial charge in [-0.3, -0.25) is 9.59 Å². The lowest BCUT2D eigenvalue weighted by Gasteiger charge is -2.33. The molecule has 3 aliphatic rings. The highest BCUT2D eigenvalue weighted by atomic mass is 16.5. The van der Waals surface area contributed by atoms with E-state index in [9.17, 15) is 9.59 Å². The zero-order valence-electron chi connectivity index (χ0n) is 13.1. The van der Waals surface area contributed by atoms with Crippen molar-refractivity contribution in [1.29, 1.82) is 0 Å². The van der Waals surface area contributed by atoms with Crippen LogP contribution >= 0.6 is 0 Å². The van der Waals surface area contributed by atoms with Crippen molar-refractivity contribution in [3.8, 4) is 0 Å². The van der Waals surface area contributed by atoms with Gasteiger partial charge in [0.1, 0.15) is 6.10 Å². The highest BCUT2D eigenvalue weighted by Crippen LogP contribution is 2.34. The summed E-state index contributed by atoms with van der Waals surface area (Å²) in [6, 6.07) is 0. The van der Waals surface area contributed by atoms with Crippen LogP contribution in [0.4, 0.5) is 0 Å². The molecule has 2 amide bonds. The molecule has 3 atom stereocenters. The minimum Gasteiger partial charge on any atom is -0.363 e. The minimum absolute atomic E-state index is 0.0558. The summed E-state index contributed by atoms with van der Waals surface area (Å²) >= 11 is 0. The normalized spacial score (nSPS) is 33.9. The molecule has 0 unspecified atom stereocenters. The minimum atomic E-state index is -0.277. The Morgan fingerprint density at radius 2 is 1.71 bits per heavy atom. The molecule has 3 heterocycles. The third kappa shape index (κ3) is 3.07. The van der Waals surface area contributed by atoms with Crippen molar-refractivity contribution in [3.63, 3.8) is 0 Å². The first-order valence-corrected chi connectivity index (χ1v) is 8.24. The Hall–Kier alpha value is -1.10. The second-order valence-corrected chi connectivity index (χ2v) is 6.92. The van der Waals surface area contributed by atoms with E-state index in [0.29, 0.717) is 12.5 Å². The van der Waals surface area contributed by atoms with E-state index in [2.05, 4.69) is 6.92 Å². The molecule has 0 aromatic heterocycles. The quantitative estimate of drug-likeness (QED) is 0.732. The molecule has 0 saturated carbocycles. The standard InChI is InChI=1S/C16H26N2O3/c1-11-3-6-17(7-4-11)16(20)14-9-13-5-8-18(12(2)19)10-15(13)21-14/h11,13-15H,3-10H2,1-2H3/t13-,14-,15+/m0/s1. The second-order valence-electron chi connectivity index (χ2n) is 6.92. The van der Waals surface area contributed by atoms with Crippen molar-refractivity contribution in [3.05, 3.63) is 0 Å². The van der Waals surface area contributed by atoms with Gasteiger partial charge in [-0.1, -0.05) is 6.92 Å². The van der Waals surface area contributed by atoms with Gasteiger partial charge in [-0.25, -0.2) is 0 Å². The number of carbonyl (C=O) groups is 2. The third-order valence-electron chi connectivity index (χ3n) is 5.37. The summed E-state index contributed by atoms with van der Waals surface area (Å²) in [6.45, 7) is 7.05. The molecule has 5 heteroatoms. The number of piperidine rings is 2. The van der Waals surface area contributed by atoms with E-state index in [0.717, 1.165) is 51.2 Å². The first-order valence-electron chi connectivity index (χ1n) is 8.24. The van der Waals surface area contributed by atoms with Crippen LogP contribution in [0, 0.1) is 11.8 Å². The van der Waals surface area contributed by atoms with E-state index in [-0.39, 0.29) is 24.0 Å². The Labute approximate surface area is 126 Å². The van der Waals surface area contributed by atoms with Crippen LogP contribution in [0.25, 0.3) is 0 Å². The third-order valence-corrected chi connectivity index (χ3v) is 5.37. The molecular formula is C16H26N2O3. The fraction of sp³-hybridized carbons (Fsp3) is 0.875. The topological polar surface area (TPSA) is 49.9 Å². The van der Waals surface area contributed by atoms with Gasteiger partial charge in [0.05, 0.1) is 6.10 Å². The molecule has 0 aromatic carbocycles. The van der Waals surface area contributed by atoms with E-state index < -0.39 is 0 Å². The van der Waals surface area contributed by atoms with Crippen LogP contribution in [0.5, 0.6) is 0 Å². The number of likely N-dealkylation sites (tertiary alicyclic amines) is 2. The van der Waals surface area contributed by atoms with Gasteiger partial charge in [0, 0.05) is 33.1 Å². The van der Waals surface area contributed by atoms with Crippen LogP contribution in [-0.2, 0) is 14.3 Å². The van der Waals surface area contributed by atoms with Gasteiger partial charge < -0.3 is 14.5 Å². The molecule has 0 bridgehead atoms. The number of fused-ring (bicyclic) bond motifs is 1. The fourth-order valence-electron chi connectivity index (χ4n) is 3.81. The summed E-state index contributed by atoms with van der Waals surface area (Å²) in [6.07, 6.45) is 3.78. The zero-order chi connectivity index (χ0) is 15.0. The van der Waals surface area contributed by atoms with Crippen LogP contribution in [0.3, 0.4) is 0 Å². The number of hydrogen-bond donors (Lipinski definition) is 0. The van der Waals surface area contributed by atoms with Crippen LogP contribution in [-0.4, -0.2) is 60.0 Å². The zero-order valence-corrected chi connectivity index (χ0v) is 13.1. The van der Waals surface area contributed by atoms with E-state index in [1.165, 1.54) is 0 Å². The van der Waals surface area contributed by atoms with Crippen LogP contribution in [0.2, 0.25) is 0 Å². The van der Waals surface area contributed by atoms with Crippen LogP contribution < -0.4 is 0 Å². The summed E-state index contributed by atoms with van der Waals surface area (Å²) in [5, 5.41) is 0. The van der Waals surface area contributed by atoms with E-state index in [1.54, 1.807) is 6.92 Å². The lowest BCUT2D eigenvalue weighted by Crippen LogP contribution is -2.45. The van der Waals surface area contributed by atoms with Crippen molar-refractivity contribution in [2.75, 3.05) is 26.2 Å². The lowest BCUT2D eigenvalue weighted by molar-refractivity contribution is -0.145. The predicted molar refractivity (Wildman–Crippen MR) is 78.6 cm³/mol. The maximum absolute atomic E-state index is 12.6. The van der Waals surface area contributed by atoms with Crippen molar-refractivity contribution in [1.82, 2.24) is 9.80 Å². The maximum Gasteiger partial charge on any atom is 0.251 e. The van der Waals surface area contributed by atoms with Gasteiger partial charge in [-0.15, -0.1) is 0 Å². The van der Waals surface area contributed by atoms with Gasteiger partial charge in [0.2, 0.25) is 5.91 Å². The van der Waals surface area contributed by atoms with Crippen molar-refractivity contribution < 1.29 is 14.3 Å². The second kappa shape index (κ2) is 5.95. The molecule has 3 fully saturated rings. The van der Waals surface area contributed by atoms with Crippen molar-refractivity contribution in [2.45, 2.75) is 51.7 Å². The summed E-state index contributed by atoms with van der Waals surface area (Å²) < 4.78 is 6.00. The SMILES string of the molecule is CC(=O)N1CC[C@H]2C[C@@H](C(=O)N3CCC(C)CC3)O[C@@H]2C1. The predicted octanol–water partition coefficient (Wildman–Crippen LogP) is 1.27. The Morgan fingerprint density at radius 1 is 1.05 bits per heavy atom. The van der Waals surface area contributed by atoms with Gasteiger partial charge >= 0.3 is 0 Å². The largest absolute Gasteiger partial charge is 0.363 e. The Kier molecular flexibility index (Phi) is 4.20. The Balaban J connectivity index is 1.57. The molecule has 3 saturated heterocycles. The average molecular weight is 294 g/mol. The summed E-state index contributed by atoms with van der Waals surface area (Å²) in [5.74, 6) is 1.45. The van der Waals surface area contributed by atoms with E-state index in [1.807, 2.05) is 9.80 Å². The average Bonchev–Trinajstić information content (AvgIpc) is 2.90. The fourth-order valence-corrected chi connectivity index (χ4v) is 3.81. The number of amides is 2. The molecule has 118 valence electrons. The number of hydrogen-bond acceptors (Lipinski definition) is 3. The number of ether oxygens (including phenoxy) is 1. The molecule has 0 aromatic rings. The summed E-state index contributed by atoms with van der Waals surface area (Å²) in [7, 11) is 0. The molecule has 21 heavy (non-hydrogen) atoms. The maximum atomic E-state index is 12.6. The van der Waals surface area contributed by atoms with E-state index in [4.69, 9.17) is 4.74 Å². The molecule has 3 rings (SSSR count). The molecule has 0 radical (unpaired) electrons. The summed E-state index contributed by atoms with van der Waals surface area (Å²) in [5.41, 5.74) is 0. The molecule has 0 N–H and O–H groups in total. The monoisotopic (exact) mass is 294 g/mol. The summed E-state index contributed by atoms with van der Waals surface area (Å²) in [4.78, 5) is 27.9. The van der Waals surface area contributed by atoms with E-state index >= 15 is 0 Å². The Bertz CT molecular complexity index is 418. The first kappa shape index (κ1) is 14.8. The Morgan fingerprint density at radius 3 is 2.38 bits per heavy atom. The van der Waals surface area contributed by atoms with Crippen LogP contribution in [0.15, 0.2) is 0 Å². The number of nitrogens with zero attached hydrogens (tertiary/aromatic N) is 2.